The zero-order valence-corrected chi connectivity index (χ0v) is 16.8. The van der Waals surface area contributed by atoms with Crippen molar-refractivity contribution in [1.82, 2.24) is 9.57 Å². The van der Waals surface area contributed by atoms with Crippen molar-refractivity contribution in [3.05, 3.63) is 0 Å². The van der Waals surface area contributed by atoms with Gasteiger partial charge in [-0.1, -0.05) is 36.7 Å². The van der Waals surface area contributed by atoms with E-state index in [9.17, 15) is 9.46 Å². The molecule has 0 aromatic carbocycles. The summed E-state index contributed by atoms with van der Waals surface area (Å²) in [4.78, 5) is 11.9. The molecule has 0 aliphatic carbocycles. The average molecular weight is 403 g/mol. The molecule has 6 nitrogen and oxygen atoms in total. The molecule has 0 aromatic rings. The molecule has 1 heterocycles. The van der Waals surface area contributed by atoms with E-state index in [0.29, 0.717) is 11.9 Å². The fourth-order valence-electron chi connectivity index (χ4n) is 1.97. The minimum atomic E-state index is -3.63. The quantitative estimate of drug-likeness (QED) is 0.472. The van der Waals surface area contributed by atoms with Crippen LogP contribution in [0.5, 0.6) is 0 Å². The highest BCUT2D eigenvalue weighted by atomic mass is 79.9. The summed E-state index contributed by atoms with van der Waals surface area (Å²) < 4.78 is 23.3. The van der Waals surface area contributed by atoms with Gasteiger partial charge in [-0.25, -0.2) is 9.24 Å². The van der Waals surface area contributed by atoms with Gasteiger partial charge in [-0.05, 0) is 39.5 Å². The van der Waals surface area contributed by atoms with E-state index in [2.05, 4.69) is 41.6 Å². The summed E-state index contributed by atoms with van der Waals surface area (Å²) in [6.45, 7) is 11.5. The van der Waals surface area contributed by atoms with Crippen LogP contribution in [0.15, 0.2) is 0 Å². The highest BCUT2D eigenvalue weighted by Crippen LogP contribution is 2.45. The largest absolute Gasteiger partial charge is 0.405 e. The molecule has 1 aliphatic rings. The second-order valence-electron chi connectivity index (χ2n) is 5.11. The first-order valence-electron chi connectivity index (χ1n) is 8.00. The maximum atomic E-state index is 11.6. The van der Waals surface area contributed by atoms with E-state index in [0.717, 1.165) is 19.4 Å². The van der Waals surface area contributed by atoms with Crippen molar-refractivity contribution in [3.63, 3.8) is 0 Å². The van der Waals surface area contributed by atoms with Crippen LogP contribution >= 0.6 is 23.7 Å². The first-order chi connectivity index (χ1) is 10.4. The molecule has 8 heteroatoms. The maximum Gasteiger partial charge on any atom is 0.405 e. The van der Waals surface area contributed by atoms with Gasteiger partial charge in [0.25, 0.3) is 0 Å². The third kappa shape index (κ3) is 9.60. The van der Waals surface area contributed by atoms with Crippen LogP contribution in [-0.4, -0.2) is 72.3 Å². The summed E-state index contributed by atoms with van der Waals surface area (Å²) in [5, 5.41) is 0.636. The second kappa shape index (κ2) is 12.9. The molecule has 2 unspecified atom stereocenters. The van der Waals surface area contributed by atoms with E-state index in [4.69, 9.17) is 9.26 Å². The second-order valence-corrected chi connectivity index (χ2v) is 7.83. The van der Waals surface area contributed by atoms with E-state index in [1.54, 1.807) is 7.05 Å². The number of alkyl halides is 1. The average Bonchev–Trinajstić information content (AvgIpc) is 3.01. The van der Waals surface area contributed by atoms with Crippen LogP contribution in [0.3, 0.4) is 0 Å². The van der Waals surface area contributed by atoms with Crippen LogP contribution in [0.4, 0.5) is 0 Å². The first-order valence-corrected chi connectivity index (χ1v) is 10.6. The molecule has 22 heavy (non-hydrogen) atoms. The summed E-state index contributed by atoms with van der Waals surface area (Å²) in [7, 11) is -2.06. The Balaban J connectivity index is 0.000000534. The zero-order chi connectivity index (χ0) is 17.0. The summed E-state index contributed by atoms with van der Waals surface area (Å²) in [5.41, 5.74) is 0. The lowest BCUT2D eigenvalue weighted by molar-refractivity contribution is 0.0582. The van der Waals surface area contributed by atoms with Crippen LogP contribution in [-0.2, 0) is 13.8 Å². The van der Waals surface area contributed by atoms with E-state index in [1.165, 1.54) is 24.3 Å². The highest BCUT2D eigenvalue weighted by molar-refractivity contribution is 9.09. The number of ether oxygens (including phenoxy) is 1. The number of hydrogen-bond acceptors (Lipinski definition) is 4. The fraction of sp³-hybridized carbons (Fsp3) is 1.00. The SMILES string of the molecule is CCN(CC)CC.CN(CCBr)P(=O)(O)OCC1CCCO1. The van der Waals surface area contributed by atoms with Gasteiger partial charge >= 0.3 is 7.75 Å². The predicted molar refractivity (Wildman–Crippen MR) is 94.6 cm³/mol. The van der Waals surface area contributed by atoms with Crippen LogP contribution < -0.4 is 0 Å². The molecule has 0 radical (unpaired) electrons. The van der Waals surface area contributed by atoms with Gasteiger partial charge in [-0.15, -0.1) is 0 Å². The molecule has 1 saturated heterocycles. The predicted octanol–water partition coefficient (Wildman–Crippen LogP) is 2.96. The van der Waals surface area contributed by atoms with Crippen molar-refractivity contribution in [2.75, 3.05) is 51.8 Å². The van der Waals surface area contributed by atoms with E-state index < -0.39 is 7.75 Å². The number of nitrogens with zero attached hydrogens (tertiary/aromatic N) is 2. The lowest BCUT2D eigenvalue weighted by Crippen LogP contribution is -2.22. The minimum absolute atomic E-state index is 0.0251. The third-order valence-corrected chi connectivity index (χ3v) is 5.54. The summed E-state index contributed by atoms with van der Waals surface area (Å²) in [6, 6.07) is 0. The van der Waals surface area contributed by atoms with E-state index in [1.807, 2.05) is 0 Å². The summed E-state index contributed by atoms with van der Waals surface area (Å²) in [5.74, 6) is 0. The van der Waals surface area contributed by atoms with Crippen LogP contribution in [0.1, 0.15) is 33.6 Å². The fourth-order valence-corrected chi connectivity index (χ4v) is 3.69. The zero-order valence-electron chi connectivity index (χ0n) is 14.3. The lowest BCUT2D eigenvalue weighted by atomic mass is 10.2. The van der Waals surface area contributed by atoms with Crippen molar-refractivity contribution in [2.24, 2.45) is 0 Å². The van der Waals surface area contributed by atoms with Gasteiger partial charge in [0.15, 0.2) is 0 Å². The molecule has 0 spiro atoms. The van der Waals surface area contributed by atoms with Crippen molar-refractivity contribution < 1.29 is 18.7 Å². The Morgan fingerprint density at radius 3 is 2.27 bits per heavy atom. The maximum absolute atomic E-state index is 11.6. The van der Waals surface area contributed by atoms with E-state index in [-0.39, 0.29) is 12.7 Å². The third-order valence-electron chi connectivity index (χ3n) is 3.63. The molecular formula is C14H32BrN2O4P. The number of halogens is 1. The number of rotatable bonds is 9. The van der Waals surface area contributed by atoms with Crippen LogP contribution in [0.25, 0.3) is 0 Å². The topological polar surface area (TPSA) is 62.2 Å². The smallest absolute Gasteiger partial charge is 0.376 e. The Hall–Kier alpha value is 0.510. The monoisotopic (exact) mass is 402 g/mol. The molecule has 134 valence electrons. The lowest BCUT2D eigenvalue weighted by Gasteiger charge is -2.22. The molecule has 0 saturated carbocycles. The van der Waals surface area contributed by atoms with Crippen LogP contribution in [0.2, 0.25) is 0 Å². The normalized spacial score (nSPS) is 20.8. The Kier molecular flexibility index (Phi) is 13.2. The first kappa shape index (κ1) is 22.5. The molecule has 2 atom stereocenters. The van der Waals surface area contributed by atoms with Crippen LogP contribution in [0, 0.1) is 0 Å². The van der Waals surface area contributed by atoms with Crippen molar-refractivity contribution in [3.8, 4) is 0 Å². The molecule has 0 amide bonds. The summed E-state index contributed by atoms with van der Waals surface area (Å²) in [6.07, 6.45) is 1.88. The van der Waals surface area contributed by atoms with Gasteiger partial charge in [0.2, 0.25) is 0 Å². The summed E-state index contributed by atoms with van der Waals surface area (Å²) >= 11 is 3.21. The molecule has 0 aromatic heterocycles. The van der Waals surface area contributed by atoms with E-state index >= 15 is 0 Å². The standard InChI is InChI=1S/C8H17BrNO4P.C6H15N/c1-10(5-4-9)15(11,12)14-7-8-3-2-6-13-8;1-4-7(5-2)6-3/h8H,2-7H2,1H3,(H,11,12);4-6H2,1-3H3. The van der Waals surface area contributed by atoms with Crippen molar-refractivity contribution >= 4 is 23.7 Å². The van der Waals surface area contributed by atoms with Gasteiger partial charge in [-0.3, -0.25) is 4.52 Å². The molecular weight excluding hydrogens is 371 g/mol. The highest BCUT2D eigenvalue weighted by Gasteiger charge is 2.28. The Morgan fingerprint density at radius 1 is 1.32 bits per heavy atom. The van der Waals surface area contributed by atoms with Crippen molar-refractivity contribution in [1.29, 1.82) is 0 Å². The van der Waals surface area contributed by atoms with Gasteiger partial charge in [0.05, 0.1) is 12.7 Å². The molecule has 0 bridgehead atoms. The van der Waals surface area contributed by atoms with Gasteiger partial charge in [0.1, 0.15) is 0 Å². The van der Waals surface area contributed by atoms with Gasteiger partial charge in [-0.2, -0.15) is 0 Å². The number of hydrogen-bond donors (Lipinski definition) is 1. The Labute approximate surface area is 143 Å². The Morgan fingerprint density at radius 2 is 1.91 bits per heavy atom. The van der Waals surface area contributed by atoms with Gasteiger partial charge in [0, 0.05) is 18.5 Å². The molecule has 1 aliphatic heterocycles. The Bertz CT molecular complexity index is 308. The molecule has 1 fully saturated rings. The molecule has 1 N–H and O–H groups in total. The molecule has 1 rings (SSSR count). The van der Waals surface area contributed by atoms with Gasteiger partial charge < -0.3 is 14.5 Å². The van der Waals surface area contributed by atoms with Crippen molar-refractivity contribution in [2.45, 2.75) is 39.7 Å². The minimum Gasteiger partial charge on any atom is -0.376 e.